The van der Waals surface area contributed by atoms with Gasteiger partial charge in [0.25, 0.3) is 5.60 Å². The van der Waals surface area contributed by atoms with Gasteiger partial charge in [0.2, 0.25) is 0 Å². The number of aliphatic hydroxyl groups is 2. The van der Waals surface area contributed by atoms with E-state index in [9.17, 15) is 54.5 Å². The van der Waals surface area contributed by atoms with Crippen LogP contribution in [0.2, 0.25) is 0 Å². The van der Waals surface area contributed by atoms with Gasteiger partial charge in [-0.2, -0.15) is 39.5 Å². The third kappa shape index (κ3) is 8.23. The molecular formula is C24H37F9O6. The van der Waals surface area contributed by atoms with Crippen LogP contribution in [0.4, 0.5) is 39.5 Å². The van der Waals surface area contributed by atoms with E-state index in [0.717, 1.165) is 0 Å². The van der Waals surface area contributed by atoms with E-state index in [4.69, 9.17) is 14.2 Å². The van der Waals surface area contributed by atoms with E-state index < -0.39 is 72.6 Å². The number of ether oxygens (including phenoxy) is 3. The summed E-state index contributed by atoms with van der Waals surface area (Å²) < 4.78 is 136. The van der Waals surface area contributed by atoms with Crippen molar-refractivity contribution in [3.63, 3.8) is 0 Å². The molecule has 6 nitrogen and oxygen atoms in total. The molecule has 0 aliphatic rings. The first-order valence-electron chi connectivity index (χ1n) is 12.1. The minimum absolute atomic E-state index is 0.115. The van der Waals surface area contributed by atoms with E-state index in [1.165, 1.54) is 34.6 Å². The van der Waals surface area contributed by atoms with Gasteiger partial charge in [-0.05, 0) is 39.5 Å². The van der Waals surface area contributed by atoms with Gasteiger partial charge in [-0.15, -0.1) is 0 Å². The highest BCUT2D eigenvalue weighted by Crippen LogP contribution is 2.48. The summed E-state index contributed by atoms with van der Waals surface area (Å²) in [6.07, 6.45) is -18.6. The Balaban J connectivity index is 6.90. The van der Waals surface area contributed by atoms with Crippen LogP contribution in [0.25, 0.3) is 0 Å². The summed E-state index contributed by atoms with van der Waals surface area (Å²) in [5, 5.41) is 19.6. The molecule has 0 radical (unpaired) electrons. The van der Waals surface area contributed by atoms with Gasteiger partial charge < -0.3 is 24.4 Å². The fourth-order valence-corrected chi connectivity index (χ4v) is 4.10. The number of carbonyl (C=O) groups excluding carboxylic acids is 1. The Morgan fingerprint density at radius 3 is 1.38 bits per heavy atom. The fraction of sp³-hybridized carbons (Fsp3) is 0.875. The summed E-state index contributed by atoms with van der Waals surface area (Å²) in [7, 11) is 0. The first-order valence-corrected chi connectivity index (χ1v) is 12.1. The van der Waals surface area contributed by atoms with Crippen molar-refractivity contribution < 1.29 is 68.7 Å². The van der Waals surface area contributed by atoms with Gasteiger partial charge in [0.15, 0.2) is 5.60 Å². The van der Waals surface area contributed by atoms with E-state index in [1.807, 2.05) is 0 Å². The maximum Gasteiger partial charge on any atom is 0.428 e. The molecular weight excluding hydrogens is 555 g/mol. The van der Waals surface area contributed by atoms with Crippen LogP contribution in [0, 0.1) is 5.92 Å². The lowest BCUT2D eigenvalue weighted by atomic mass is 9.69. The predicted molar refractivity (Wildman–Crippen MR) is 122 cm³/mol. The van der Waals surface area contributed by atoms with Crippen LogP contribution < -0.4 is 0 Å². The Hall–Kier alpha value is -1.58. The highest BCUT2D eigenvalue weighted by molar-refractivity contribution is 5.86. The van der Waals surface area contributed by atoms with Crippen molar-refractivity contribution in [1.82, 2.24) is 0 Å². The number of halogens is 9. The number of rotatable bonds is 15. The number of alkyl halides is 9. The Bertz CT molecular complexity index is 796. The van der Waals surface area contributed by atoms with Gasteiger partial charge in [-0.3, -0.25) is 0 Å². The number of esters is 1. The molecule has 2 N–H and O–H groups in total. The summed E-state index contributed by atoms with van der Waals surface area (Å²) in [5.74, 6) is -2.46. The number of hydrogen-bond acceptors (Lipinski definition) is 6. The molecule has 0 heterocycles. The van der Waals surface area contributed by atoms with Crippen molar-refractivity contribution in [1.29, 1.82) is 0 Å². The van der Waals surface area contributed by atoms with Crippen LogP contribution in [-0.4, -0.2) is 76.9 Å². The van der Waals surface area contributed by atoms with Gasteiger partial charge in [-0.1, -0.05) is 34.3 Å². The molecule has 0 spiro atoms. The van der Waals surface area contributed by atoms with E-state index in [1.54, 1.807) is 0 Å². The van der Waals surface area contributed by atoms with Crippen molar-refractivity contribution in [2.45, 2.75) is 108 Å². The van der Waals surface area contributed by atoms with Gasteiger partial charge in [-0.25, -0.2) is 4.79 Å². The lowest BCUT2D eigenvalue weighted by molar-refractivity contribution is -0.385. The highest BCUT2D eigenvalue weighted by atomic mass is 19.4. The van der Waals surface area contributed by atoms with Crippen molar-refractivity contribution in [3.05, 3.63) is 12.2 Å². The lowest BCUT2D eigenvalue weighted by Crippen LogP contribution is -2.63. The standard InChI is InChI=1S/C24H37F9O6/c1-8-19(9-2,38-13-18(7,35)22(25,26)27)16(12-37-17(34)15(5)6)20(10-3,11-4)39-14-21(36,23(28,29)30)24(31,32)33/h16,35-36H,5,8-14H2,1-4,6-7H3. The highest BCUT2D eigenvalue weighted by Gasteiger charge is 2.71. The molecule has 2 unspecified atom stereocenters. The summed E-state index contributed by atoms with van der Waals surface area (Å²) in [4.78, 5) is 12.2. The second-order valence-electron chi connectivity index (χ2n) is 9.68. The summed E-state index contributed by atoms with van der Waals surface area (Å²) in [6, 6.07) is 0. The minimum atomic E-state index is -6.20. The van der Waals surface area contributed by atoms with Crippen LogP contribution in [0.1, 0.15) is 67.2 Å². The number of hydrogen-bond donors (Lipinski definition) is 2. The average molecular weight is 593 g/mol. The van der Waals surface area contributed by atoms with E-state index >= 15 is 0 Å². The second-order valence-corrected chi connectivity index (χ2v) is 9.68. The Kier molecular flexibility index (Phi) is 12.4. The Labute approximate surface area is 221 Å². The lowest BCUT2D eigenvalue weighted by Gasteiger charge is -2.51. The molecule has 0 saturated heterocycles. The largest absolute Gasteiger partial charge is 0.462 e. The molecule has 0 rings (SSSR count). The zero-order valence-corrected chi connectivity index (χ0v) is 22.7. The molecule has 0 aromatic carbocycles. The molecule has 0 aliphatic carbocycles. The Morgan fingerprint density at radius 2 is 1.10 bits per heavy atom. The first-order chi connectivity index (χ1) is 17.4. The molecule has 0 amide bonds. The average Bonchev–Trinajstić information content (AvgIpc) is 2.80. The zero-order chi connectivity index (χ0) is 31.3. The molecule has 0 saturated carbocycles. The molecule has 0 fully saturated rings. The molecule has 0 aromatic heterocycles. The molecule has 0 bridgehead atoms. The Morgan fingerprint density at radius 1 is 0.744 bits per heavy atom. The summed E-state index contributed by atoms with van der Waals surface area (Å²) in [6.45, 7) is 6.15. The van der Waals surface area contributed by atoms with Crippen LogP contribution >= 0.6 is 0 Å². The summed E-state index contributed by atoms with van der Waals surface area (Å²) in [5.41, 5.74) is -12.6. The minimum Gasteiger partial charge on any atom is -0.462 e. The topological polar surface area (TPSA) is 85.2 Å². The smallest absolute Gasteiger partial charge is 0.428 e. The predicted octanol–water partition coefficient (Wildman–Crippen LogP) is 6.04. The van der Waals surface area contributed by atoms with E-state index in [2.05, 4.69) is 6.58 Å². The van der Waals surface area contributed by atoms with Crippen molar-refractivity contribution in [3.8, 4) is 0 Å². The third-order valence-corrected chi connectivity index (χ3v) is 7.15. The zero-order valence-electron chi connectivity index (χ0n) is 22.7. The van der Waals surface area contributed by atoms with Gasteiger partial charge in [0.1, 0.15) is 0 Å². The van der Waals surface area contributed by atoms with Gasteiger partial charge in [0.05, 0.1) is 36.9 Å². The quantitative estimate of drug-likeness (QED) is 0.137. The molecule has 15 heteroatoms. The molecule has 39 heavy (non-hydrogen) atoms. The van der Waals surface area contributed by atoms with Gasteiger partial charge in [0, 0.05) is 5.57 Å². The maximum atomic E-state index is 13.4. The van der Waals surface area contributed by atoms with E-state index in [0.29, 0.717) is 6.92 Å². The van der Waals surface area contributed by atoms with Crippen LogP contribution in [0.15, 0.2) is 12.2 Å². The van der Waals surface area contributed by atoms with Crippen LogP contribution in [0.5, 0.6) is 0 Å². The molecule has 2 atom stereocenters. The fourth-order valence-electron chi connectivity index (χ4n) is 4.10. The van der Waals surface area contributed by atoms with Crippen LogP contribution in [-0.2, 0) is 19.0 Å². The molecule has 0 aromatic rings. The monoisotopic (exact) mass is 592 g/mol. The normalized spacial score (nSPS) is 16.5. The van der Waals surface area contributed by atoms with Crippen LogP contribution in [0.3, 0.4) is 0 Å². The van der Waals surface area contributed by atoms with E-state index in [-0.39, 0.29) is 31.3 Å². The van der Waals surface area contributed by atoms with Crippen molar-refractivity contribution >= 4 is 5.97 Å². The summed E-state index contributed by atoms with van der Waals surface area (Å²) >= 11 is 0. The first kappa shape index (κ1) is 37.4. The molecule has 0 aliphatic heterocycles. The molecule has 232 valence electrons. The number of carbonyl (C=O) groups is 1. The second kappa shape index (κ2) is 12.9. The SMILES string of the molecule is C=C(C)C(=O)OCC(C(CC)(CC)OCC(C)(O)C(F)(F)F)C(CC)(CC)OCC(O)(C(F)(F)F)C(F)(F)F. The third-order valence-electron chi connectivity index (χ3n) is 7.15. The van der Waals surface area contributed by atoms with Crippen molar-refractivity contribution in [2.75, 3.05) is 19.8 Å². The van der Waals surface area contributed by atoms with Crippen molar-refractivity contribution in [2.24, 2.45) is 5.92 Å². The maximum absolute atomic E-state index is 13.4. The van der Waals surface area contributed by atoms with Gasteiger partial charge >= 0.3 is 24.5 Å².